The van der Waals surface area contributed by atoms with Crippen LogP contribution in [0.25, 0.3) is 11.4 Å². The van der Waals surface area contributed by atoms with Gasteiger partial charge in [-0.1, -0.05) is 12.1 Å². The average molecular weight is 360 g/mol. The van der Waals surface area contributed by atoms with Crippen LogP contribution >= 0.6 is 0 Å². The first-order valence-corrected chi connectivity index (χ1v) is 10.4. The van der Waals surface area contributed by atoms with Crippen LogP contribution in [-0.2, 0) is 25.7 Å². The standard InChI is InChI=1S/C18H20N2O4S/c1-25(22,23)11-14-8-16(18-5-6-24-10-13(18)9-18)20-17(19-14)12-3-2-4-15(21)7-12/h2-4,7-8,13,21H,5-6,9-11H2,1H3/t13-,18+/m1/s1. The van der Waals surface area contributed by atoms with Crippen molar-refractivity contribution < 1.29 is 18.3 Å². The topological polar surface area (TPSA) is 89.4 Å². The first-order chi connectivity index (χ1) is 11.9. The lowest BCUT2D eigenvalue weighted by Crippen LogP contribution is -2.23. The number of hydrogen-bond donors (Lipinski definition) is 1. The van der Waals surface area contributed by atoms with Crippen molar-refractivity contribution in [1.29, 1.82) is 0 Å². The molecule has 0 spiro atoms. The Kier molecular flexibility index (Phi) is 3.81. The molecule has 0 unspecified atom stereocenters. The molecule has 1 saturated carbocycles. The van der Waals surface area contributed by atoms with Gasteiger partial charge in [-0.2, -0.15) is 0 Å². The molecule has 2 atom stereocenters. The van der Waals surface area contributed by atoms with Crippen molar-refractivity contribution in [3.8, 4) is 17.1 Å². The third-order valence-corrected chi connectivity index (χ3v) is 5.87. The van der Waals surface area contributed by atoms with Crippen molar-refractivity contribution in [3.63, 3.8) is 0 Å². The zero-order valence-electron chi connectivity index (χ0n) is 14.0. The minimum atomic E-state index is -3.20. The van der Waals surface area contributed by atoms with Crippen molar-refractivity contribution in [1.82, 2.24) is 9.97 Å². The van der Waals surface area contributed by atoms with Crippen LogP contribution in [0.3, 0.4) is 0 Å². The highest BCUT2D eigenvalue weighted by Crippen LogP contribution is 2.58. The van der Waals surface area contributed by atoms with Crippen LogP contribution in [0.2, 0.25) is 0 Å². The zero-order chi connectivity index (χ0) is 17.7. The summed E-state index contributed by atoms with van der Waals surface area (Å²) in [6, 6.07) is 8.55. The van der Waals surface area contributed by atoms with Crippen LogP contribution in [0.15, 0.2) is 30.3 Å². The van der Waals surface area contributed by atoms with Gasteiger partial charge in [-0.15, -0.1) is 0 Å². The third kappa shape index (κ3) is 3.26. The van der Waals surface area contributed by atoms with Crippen molar-refractivity contribution in [3.05, 3.63) is 41.7 Å². The second-order valence-corrected chi connectivity index (χ2v) is 9.21. The van der Waals surface area contributed by atoms with Crippen LogP contribution < -0.4 is 0 Å². The summed E-state index contributed by atoms with van der Waals surface area (Å²) in [7, 11) is -3.20. The van der Waals surface area contributed by atoms with E-state index < -0.39 is 9.84 Å². The van der Waals surface area contributed by atoms with Crippen LogP contribution in [0, 0.1) is 5.92 Å². The Balaban J connectivity index is 1.81. The molecule has 0 amide bonds. The second kappa shape index (κ2) is 5.78. The van der Waals surface area contributed by atoms with E-state index in [4.69, 9.17) is 9.72 Å². The summed E-state index contributed by atoms with van der Waals surface area (Å²) in [5.41, 5.74) is 2.06. The Morgan fingerprint density at radius 2 is 2.16 bits per heavy atom. The Morgan fingerprint density at radius 3 is 2.88 bits per heavy atom. The lowest BCUT2D eigenvalue weighted by atomic mass is 9.93. The first kappa shape index (κ1) is 16.5. The van der Waals surface area contributed by atoms with Crippen LogP contribution in [0.4, 0.5) is 0 Å². The van der Waals surface area contributed by atoms with Crippen molar-refractivity contribution in [2.45, 2.75) is 24.0 Å². The SMILES string of the molecule is CS(=O)(=O)Cc1cc([C@]23CCOC[C@H]2C3)nc(-c2cccc(O)c2)n1. The number of fused-ring (bicyclic) bond motifs is 1. The van der Waals surface area contributed by atoms with Crippen LogP contribution in [0.1, 0.15) is 24.2 Å². The van der Waals surface area contributed by atoms with Gasteiger partial charge < -0.3 is 9.84 Å². The van der Waals surface area contributed by atoms with Gasteiger partial charge in [-0.25, -0.2) is 18.4 Å². The molecular formula is C18H20N2O4S. The summed E-state index contributed by atoms with van der Waals surface area (Å²) in [6.45, 7) is 1.43. The van der Waals surface area contributed by atoms with E-state index in [1.54, 1.807) is 18.2 Å². The first-order valence-electron chi connectivity index (χ1n) is 8.29. The number of nitrogens with zero attached hydrogens (tertiary/aromatic N) is 2. The number of hydrogen-bond acceptors (Lipinski definition) is 6. The Bertz CT molecular complexity index is 928. The molecular weight excluding hydrogens is 340 g/mol. The minimum Gasteiger partial charge on any atom is -0.508 e. The van der Waals surface area contributed by atoms with Crippen molar-refractivity contribution in [2.75, 3.05) is 19.5 Å². The van der Waals surface area contributed by atoms with Crippen molar-refractivity contribution in [2.24, 2.45) is 5.92 Å². The minimum absolute atomic E-state index is 0.0149. The Morgan fingerprint density at radius 1 is 1.32 bits per heavy atom. The number of ether oxygens (including phenoxy) is 1. The Hall–Kier alpha value is -1.99. The molecule has 132 valence electrons. The van der Waals surface area contributed by atoms with Gasteiger partial charge in [-0.3, -0.25) is 0 Å². The van der Waals surface area contributed by atoms with E-state index in [1.165, 1.54) is 6.26 Å². The molecule has 6 nitrogen and oxygen atoms in total. The summed E-state index contributed by atoms with van der Waals surface area (Å²) < 4.78 is 29.1. The molecule has 1 aliphatic carbocycles. The maximum absolute atomic E-state index is 11.8. The van der Waals surface area contributed by atoms with E-state index in [-0.39, 0.29) is 16.9 Å². The van der Waals surface area contributed by atoms with E-state index >= 15 is 0 Å². The fraction of sp³-hybridized carbons (Fsp3) is 0.444. The summed E-state index contributed by atoms with van der Waals surface area (Å²) >= 11 is 0. The molecule has 7 heteroatoms. The van der Waals surface area contributed by atoms with E-state index in [1.807, 2.05) is 12.1 Å². The summed E-state index contributed by atoms with van der Waals surface area (Å²) in [5.74, 6) is 0.911. The zero-order valence-corrected chi connectivity index (χ0v) is 14.8. The maximum atomic E-state index is 11.8. The predicted molar refractivity (Wildman–Crippen MR) is 92.9 cm³/mol. The van der Waals surface area contributed by atoms with Gasteiger partial charge in [0.25, 0.3) is 0 Å². The lowest BCUT2D eigenvalue weighted by Gasteiger charge is -2.22. The van der Waals surface area contributed by atoms with Gasteiger partial charge in [0.1, 0.15) is 5.75 Å². The molecule has 1 aromatic heterocycles. The van der Waals surface area contributed by atoms with Gasteiger partial charge >= 0.3 is 0 Å². The molecule has 1 aromatic carbocycles. The van der Waals surface area contributed by atoms with E-state index in [0.29, 0.717) is 29.6 Å². The fourth-order valence-corrected chi connectivity index (χ4v) is 4.38. The van der Waals surface area contributed by atoms with Gasteiger partial charge in [-0.05, 0) is 37.0 Å². The van der Waals surface area contributed by atoms with E-state index in [0.717, 1.165) is 25.1 Å². The summed E-state index contributed by atoms with van der Waals surface area (Å²) in [4.78, 5) is 9.18. The molecule has 2 heterocycles. The summed E-state index contributed by atoms with van der Waals surface area (Å²) in [6.07, 6.45) is 3.11. The molecule has 1 aliphatic heterocycles. The molecule has 0 bridgehead atoms. The monoisotopic (exact) mass is 360 g/mol. The maximum Gasteiger partial charge on any atom is 0.159 e. The number of rotatable bonds is 4. The highest BCUT2D eigenvalue weighted by atomic mass is 32.2. The van der Waals surface area contributed by atoms with E-state index in [2.05, 4.69) is 4.98 Å². The average Bonchev–Trinajstić information content (AvgIpc) is 3.29. The van der Waals surface area contributed by atoms with Gasteiger partial charge in [0.15, 0.2) is 15.7 Å². The largest absolute Gasteiger partial charge is 0.508 e. The van der Waals surface area contributed by atoms with Gasteiger partial charge in [0.2, 0.25) is 0 Å². The fourth-order valence-electron chi connectivity index (χ4n) is 3.70. The molecule has 1 saturated heterocycles. The Labute approximate surface area is 146 Å². The number of aromatic nitrogens is 2. The quantitative estimate of drug-likeness (QED) is 0.898. The lowest BCUT2D eigenvalue weighted by molar-refractivity contribution is 0.0794. The molecule has 2 aromatic rings. The summed E-state index contributed by atoms with van der Waals surface area (Å²) in [5, 5.41) is 9.74. The highest BCUT2D eigenvalue weighted by Gasteiger charge is 2.57. The number of sulfone groups is 1. The van der Waals surface area contributed by atoms with Gasteiger partial charge in [0.05, 0.1) is 23.7 Å². The third-order valence-electron chi connectivity index (χ3n) is 5.05. The van der Waals surface area contributed by atoms with E-state index in [9.17, 15) is 13.5 Å². The van der Waals surface area contributed by atoms with Crippen LogP contribution in [0.5, 0.6) is 5.75 Å². The van der Waals surface area contributed by atoms with Crippen LogP contribution in [-0.4, -0.2) is 43.0 Å². The molecule has 2 fully saturated rings. The normalized spacial score (nSPS) is 25.4. The van der Waals surface area contributed by atoms with Crippen molar-refractivity contribution >= 4 is 9.84 Å². The number of aromatic hydroxyl groups is 1. The second-order valence-electron chi connectivity index (χ2n) is 7.07. The molecule has 25 heavy (non-hydrogen) atoms. The predicted octanol–water partition coefficient (Wildman–Crippen LogP) is 2.07. The molecule has 1 N–H and O–H groups in total. The number of phenols is 1. The molecule has 0 radical (unpaired) electrons. The number of benzene rings is 1. The molecule has 2 aliphatic rings. The highest BCUT2D eigenvalue weighted by molar-refractivity contribution is 7.89. The number of phenolic OH excluding ortho intramolecular Hbond substituents is 1. The molecule has 4 rings (SSSR count). The van der Waals surface area contributed by atoms with Gasteiger partial charge in [0, 0.05) is 23.8 Å². The smallest absolute Gasteiger partial charge is 0.159 e.